The zero-order valence-corrected chi connectivity index (χ0v) is 16.1. The first kappa shape index (κ1) is 18.7. The highest BCUT2D eigenvalue weighted by molar-refractivity contribution is 7.89. The normalized spacial score (nSPS) is 12.6. The van der Waals surface area contributed by atoms with Crippen LogP contribution in [0.2, 0.25) is 0 Å². The number of nitrogens with one attached hydrogen (secondary N) is 2. The van der Waals surface area contributed by atoms with Crippen LogP contribution in [0, 0.1) is 0 Å². The van der Waals surface area contributed by atoms with Crippen LogP contribution in [0.15, 0.2) is 67.3 Å². The molecular formula is C19H17N5O4S. The van der Waals surface area contributed by atoms with E-state index in [0.717, 1.165) is 11.9 Å². The zero-order valence-electron chi connectivity index (χ0n) is 15.3. The number of hydrogen-bond acceptors (Lipinski definition) is 6. The molecule has 0 fully saturated rings. The molecule has 1 atom stereocenters. The van der Waals surface area contributed by atoms with Crippen molar-refractivity contribution in [3.8, 4) is 11.4 Å². The standard InChI is InChI=1S/C19H17N5O4S/c1-29(26,27)23-19(25)17(28-14-5-3-2-4-6-14)18-21-15-8-7-13(11-16(15)22-18)24-10-9-20-12-24/h2-12,17H,1H3,(H,21,22)(H,23,25). The second kappa shape index (κ2) is 7.40. The van der Waals surface area contributed by atoms with Gasteiger partial charge in [0.2, 0.25) is 16.1 Å². The molecule has 0 spiro atoms. The maximum Gasteiger partial charge on any atom is 0.282 e. The van der Waals surface area contributed by atoms with E-state index in [1.807, 2.05) is 21.4 Å². The van der Waals surface area contributed by atoms with Crippen molar-refractivity contribution < 1.29 is 17.9 Å². The number of ether oxygens (including phenoxy) is 1. The summed E-state index contributed by atoms with van der Waals surface area (Å²) < 4.78 is 32.6. The van der Waals surface area contributed by atoms with E-state index in [4.69, 9.17) is 4.74 Å². The molecular weight excluding hydrogens is 394 g/mol. The lowest BCUT2D eigenvalue weighted by Crippen LogP contribution is -2.36. The van der Waals surface area contributed by atoms with Gasteiger partial charge in [-0.25, -0.2) is 23.1 Å². The van der Waals surface area contributed by atoms with Crippen LogP contribution in [0.5, 0.6) is 5.75 Å². The molecule has 0 saturated carbocycles. The number of aromatic nitrogens is 4. The van der Waals surface area contributed by atoms with Crippen LogP contribution >= 0.6 is 0 Å². The Balaban J connectivity index is 1.72. The molecule has 0 radical (unpaired) electrons. The quantitative estimate of drug-likeness (QED) is 0.500. The summed E-state index contributed by atoms with van der Waals surface area (Å²) in [5.74, 6) is -0.251. The number of para-hydroxylation sites is 1. The summed E-state index contributed by atoms with van der Waals surface area (Å²) in [7, 11) is -3.77. The lowest BCUT2D eigenvalue weighted by atomic mass is 10.3. The number of carbonyl (C=O) groups excluding carboxylic acids is 1. The van der Waals surface area contributed by atoms with Crippen LogP contribution in [-0.2, 0) is 14.8 Å². The Morgan fingerprint density at radius 2 is 2.00 bits per heavy atom. The third-order valence-electron chi connectivity index (χ3n) is 4.06. The second-order valence-electron chi connectivity index (χ2n) is 6.34. The van der Waals surface area contributed by atoms with Gasteiger partial charge in [-0.15, -0.1) is 0 Å². The summed E-state index contributed by atoms with van der Waals surface area (Å²) in [4.78, 5) is 24.1. The smallest absolute Gasteiger partial charge is 0.282 e. The Bertz CT molecular complexity index is 1250. The molecule has 2 aromatic carbocycles. The summed E-state index contributed by atoms with van der Waals surface area (Å²) in [5.41, 5.74) is 2.13. The van der Waals surface area contributed by atoms with Gasteiger partial charge in [-0.2, -0.15) is 0 Å². The van der Waals surface area contributed by atoms with Crippen molar-refractivity contribution in [3.05, 3.63) is 73.1 Å². The predicted molar refractivity (Wildman–Crippen MR) is 106 cm³/mol. The first-order valence-corrected chi connectivity index (χ1v) is 10.5. The minimum absolute atomic E-state index is 0.188. The fourth-order valence-corrected chi connectivity index (χ4v) is 3.29. The van der Waals surface area contributed by atoms with Gasteiger partial charge in [0.1, 0.15) is 5.75 Å². The van der Waals surface area contributed by atoms with E-state index in [1.54, 1.807) is 55.1 Å². The Morgan fingerprint density at radius 1 is 1.21 bits per heavy atom. The molecule has 0 bridgehead atoms. The van der Waals surface area contributed by atoms with Crippen molar-refractivity contribution in [2.75, 3.05) is 6.26 Å². The van der Waals surface area contributed by atoms with Crippen LogP contribution in [-0.4, -0.2) is 40.1 Å². The Labute approximate surface area is 166 Å². The van der Waals surface area contributed by atoms with Gasteiger partial charge in [-0.3, -0.25) is 4.79 Å². The molecule has 29 heavy (non-hydrogen) atoms. The molecule has 10 heteroatoms. The van der Waals surface area contributed by atoms with Crippen molar-refractivity contribution in [3.63, 3.8) is 0 Å². The summed E-state index contributed by atoms with van der Waals surface area (Å²) in [6.07, 6.45) is 4.76. The van der Waals surface area contributed by atoms with E-state index >= 15 is 0 Å². The van der Waals surface area contributed by atoms with Gasteiger partial charge in [0.15, 0.2) is 5.82 Å². The summed E-state index contributed by atoms with van der Waals surface area (Å²) in [6, 6.07) is 14.1. The zero-order chi connectivity index (χ0) is 20.4. The predicted octanol–water partition coefficient (Wildman–Crippen LogP) is 1.94. The first-order chi connectivity index (χ1) is 13.9. The van der Waals surface area contributed by atoms with Crippen molar-refractivity contribution >= 4 is 27.0 Å². The number of H-pyrrole nitrogens is 1. The second-order valence-corrected chi connectivity index (χ2v) is 8.09. The lowest BCUT2D eigenvalue weighted by molar-refractivity contribution is -0.126. The molecule has 2 aromatic heterocycles. The molecule has 2 heterocycles. The molecule has 0 aliphatic heterocycles. The fourth-order valence-electron chi connectivity index (χ4n) is 2.82. The van der Waals surface area contributed by atoms with Crippen molar-refractivity contribution in [2.24, 2.45) is 0 Å². The molecule has 1 unspecified atom stereocenters. The van der Waals surface area contributed by atoms with E-state index in [0.29, 0.717) is 16.8 Å². The van der Waals surface area contributed by atoms with E-state index in [9.17, 15) is 13.2 Å². The molecule has 2 N–H and O–H groups in total. The Hall–Kier alpha value is -3.66. The highest BCUT2D eigenvalue weighted by Gasteiger charge is 2.28. The van der Waals surface area contributed by atoms with Gasteiger partial charge in [-0.05, 0) is 30.3 Å². The number of rotatable bonds is 6. The van der Waals surface area contributed by atoms with Gasteiger partial charge >= 0.3 is 0 Å². The van der Waals surface area contributed by atoms with Gasteiger partial charge in [0, 0.05) is 18.1 Å². The summed E-state index contributed by atoms with van der Waals surface area (Å²) in [6.45, 7) is 0. The van der Waals surface area contributed by atoms with Gasteiger partial charge < -0.3 is 14.3 Å². The monoisotopic (exact) mass is 411 g/mol. The number of aromatic amines is 1. The number of fused-ring (bicyclic) bond motifs is 1. The molecule has 4 rings (SSSR count). The Morgan fingerprint density at radius 3 is 2.69 bits per heavy atom. The van der Waals surface area contributed by atoms with Crippen LogP contribution in [0.1, 0.15) is 11.9 Å². The van der Waals surface area contributed by atoms with E-state index in [2.05, 4.69) is 15.0 Å². The van der Waals surface area contributed by atoms with Gasteiger partial charge in [0.25, 0.3) is 5.91 Å². The maximum atomic E-state index is 12.6. The minimum Gasteiger partial charge on any atom is -0.473 e. The summed E-state index contributed by atoms with van der Waals surface area (Å²) >= 11 is 0. The van der Waals surface area contributed by atoms with Crippen LogP contribution in [0.4, 0.5) is 0 Å². The average molecular weight is 411 g/mol. The number of imidazole rings is 2. The Kier molecular flexibility index (Phi) is 4.77. The number of carbonyl (C=O) groups is 1. The molecule has 9 nitrogen and oxygen atoms in total. The van der Waals surface area contributed by atoms with E-state index < -0.39 is 22.0 Å². The van der Waals surface area contributed by atoms with Crippen molar-refractivity contribution in [2.45, 2.75) is 6.10 Å². The van der Waals surface area contributed by atoms with Crippen molar-refractivity contribution in [1.29, 1.82) is 0 Å². The lowest BCUT2D eigenvalue weighted by Gasteiger charge is -2.16. The van der Waals surface area contributed by atoms with Gasteiger partial charge in [-0.1, -0.05) is 18.2 Å². The number of nitrogens with zero attached hydrogens (tertiary/aromatic N) is 3. The SMILES string of the molecule is CS(=O)(=O)NC(=O)C(Oc1ccccc1)c1nc2ccc(-n3ccnc3)cc2[nH]1. The largest absolute Gasteiger partial charge is 0.473 e. The minimum atomic E-state index is -3.77. The number of hydrogen-bond donors (Lipinski definition) is 2. The number of amides is 1. The topological polar surface area (TPSA) is 119 Å². The number of sulfonamides is 1. The molecule has 0 saturated heterocycles. The highest BCUT2D eigenvalue weighted by Crippen LogP contribution is 2.24. The third kappa shape index (κ3) is 4.27. The van der Waals surface area contributed by atoms with Crippen LogP contribution in [0.25, 0.3) is 16.7 Å². The van der Waals surface area contributed by atoms with E-state index in [-0.39, 0.29) is 5.82 Å². The molecule has 1 amide bonds. The average Bonchev–Trinajstić information content (AvgIpc) is 3.34. The van der Waals surface area contributed by atoms with Crippen LogP contribution < -0.4 is 9.46 Å². The van der Waals surface area contributed by atoms with Crippen LogP contribution in [0.3, 0.4) is 0 Å². The summed E-state index contributed by atoms with van der Waals surface area (Å²) in [5, 5.41) is 0. The molecule has 0 aliphatic carbocycles. The highest BCUT2D eigenvalue weighted by atomic mass is 32.2. The van der Waals surface area contributed by atoms with Gasteiger partial charge in [0.05, 0.1) is 23.6 Å². The molecule has 4 aromatic rings. The molecule has 0 aliphatic rings. The molecule has 148 valence electrons. The maximum absolute atomic E-state index is 12.6. The van der Waals surface area contributed by atoms with Crippen molar-refractivity contribution in [1.82, 2.24) is 24.2 Å². The third-order valence-corrected chi connectivity index (χ3v) is 4.63. The number of benzene rings is 2. The fraction of sp³-hybridized carbons (Fsp3) is 0.105. The first-order valence-electron chi connectivity index (χ1n) is 8.60. The van der Waals surface area contributed by atoms with E-state index in [1.165, 1.54) is 0 Å².